The molecule has 0 radical (unpaired) electrons. The second-order valence-corrected chi connectivity index (χ2v) is 3.22. The highest BCUT2D eigenvalue weighted by molar-refractivity contribution is 6.04. The Morgan fingerprint density at radius 3 is 3.00 bits per heavy atom. The van der Waals surface area contributed by atoms with Crippen LogP contribution in [-0.4, -0.2) is 12.3 Å². The zero-order valence-corrected chi connectivity index (χ0v) is 7.64. The molecular weight excluding hydrogens is 181 g/mol. The van der Waals surface area contributed by atoms with Crippen molar-refractivity contribution in [2.45, 2.75) is 6.42 Å². The van der Waals surface area contributed by atoms with Gasteiger partial charge in [-0.25, -0.2) is 4.39 Å². The predicted octanol–water partition coefficient (Wildman–Crippen LogP) is 2.47. The predicted molar refractivity (Wildman–Crippen MR) is 53.9 cm³/mol. The molecule has 0 saturated heterocycles. The second kappa shape index (κ2) is 3.25. The van der Waals surface area contributed by atoms with Crippen LogP contribution in [0.3, 0.4) is 0 Å². The van der Waals surface area contributed by atoms with Crippen LogP contribution in [0.15, 0.2) is 18.7 Å². The molecule has 1 N–H and O–H groups in total. The average molecular weight is 191 g/mol. The van der Waals surface area contributed by atoms with Gasteiger partial charge in [0.2, 0.25) is 0 Å². The Labute approximate surface area is 81.4 Å². The lowest BCUT2D eigenvalue weighted by Crippen LogP contribution is -2.19. The molecule has 0 bridgehead atoms. The third-order valence-electron chi connectivity index (χ3n) is 2.31. The lowest BCUT2D eigenvalue weighted by atomic mass is 9.98. The number of Topliss-reactive ketones (excluding diaryl/α,β-unsaturated/α-hetero) is 1. The van der Waals surface area contributed by atoms with Crippen molar-refractivity contribution in [2.75, 3.05) is 11.9 Å². The highest BCUT2D eigenvalue weighted by atomic mass is 19.1. The number of halogens is 1. The maximum absolute atomic E-state index is 13.1. The van der Waals surface area contributed by atoms with Crippen LogP contribution in [0.5, 0.6) is 0 Å². The third-order valence-corrected chi connectivity index (χ3v) is 2.31. The summed E-state index contributed by atoms with van der Waals surface area (Å²) in [5.41, 5.74) is 1.79. The zero-order chi connectivity index (χ0) is 10.1. The van der Waals surface area contributed by atoms with Gasteiger partial charge in [0.1, 0.15) is 5.82 Å². The van der Waals surface area contributed by atoms with E-state index in [0.717, 1.165) is 0 Å². The minimum atomic E-state index is -0.393. The molecule has 1 heterocycles. The Kier molecular flexibility index (Phi) is 2.08. The highest BCUT2D eigenvalue weighted by Crippen LogP contribution is 2.27. The van der Waals surface area contributed by atoms with Gasteiger partial charge in [-0.3, -0.25) is 4.79 Å². The first-order chi connectivity index (χ1) is 6.72. The normalized spacial score (nSPS) is 14.5. The van der Waals surface area contributed by atoms with E-state index >= 15 is 0 Å². The number of carbonyl (C=O) groups is 1. The lowest BCUT2D eigenvalue weighted by Gasteiger charge is -2.19. The number of fused-ring (bicyclic) bond motifs is 1. The molecule has 72 valence electrons. The molecule has 0 spiro atoms. The van der Waals surface area contributed by atoms with Crippen LogP contribution in [-0.2, 0) is 0 Å². The largest absolute Gasteiger partial charge is 0.384 e. The van der Waals surface area contributed by atoms with E-state index in [1.807, 2.05) is 0 Å². The number of anilines is 1. The Morgan fingerprint density at radius 1 is 1.50 bits per heavy atom. The summed E-state index contributed by atoms with van der Waals surface area (Å²) >= 11 is 0. The molecule has 1 aromatic carbocycles. The summed E-state index contributed by atoms with van der Waals surface area (Å²) in [6.07, 6.45) is 1.97. The van der Waals surface area contributed by atoms with E-state index < -0.39 is 5.82 Å². The van der Waals surface area contributed by atoms with Crippen molar-refractivity contribution in [3.05, 3.63) is 35.7 Å². The van der Waals surface area contributed by atoms with Gasteiger partial charge in [0.05, 0.1) is 5.69 Å². The molecule has 2 rings (SSSR count). The number of rotatable bonds is 1. The number of hydrogen-bond donors (Lipinski definition) is 1. The maximum Gasteiger partial charge on any atom is 0.166 e. The topological polar surface area (TPSA) is 29.1 Å². The van der Waals surface area contributed by atoms with Gasteiger partial charge < -0.3 is 5.32 Å². The average Bonchev–Trinajstić information content (AvgIpc) is 2.18. The van der Waals surface area contributed by atoms with Crippen LogP contribution in [0.1, 0.15) is 22.3 Å². The van der Waals surface area contributed by atoms with E-state index in [-0.39, 0.29) is 5.78 Å². The van der Waals surface area contributed by atoms with E-state index in [1.165, 1.54) is 12.1 Å². The van der Waals surface area contributed by atoms with Crippen molar-refractivity contribution in [3.63, 3.8) is 0 Å². The van der Waals surface area contributed by atoms with Crippen molar-refractivity contribution in [3.8, 4) is 0 Å². The van der Waals surface area contributed by atoms with Gasteiger partial charge in [-0.1, -0.05) is 12.7 Å². The summed E-state index contributed by atoms with van der Waals surface area (Å²) in [6, 6.07) is 2.65. The minimum Gasteiger partial charge on any atom is -0.384 e. The molecule has 0 unspecified atom stereocenters. The number of nitrogens with one attached hydrogen (secondary N) is 1. The maximum atomic E-state index is 13.1. The van der Waals surface area contributed by atoms with Crippen LogP contribution in [0, 0.1) is 5.82 Å². The van der Waals surface area contributed by atoms with Gasteiger partial charge in [0.15, 0.2) is 5.78 Å². The molecule has 0 aliphatic carbocycles. The smallest absolute Gasteiger partial charge is 0.166 e. The van der Waals surface area contributed by atoms with E-state index in [1.54, 1.807) is 6.08 Å². The van der Waals surface area contributed by atoms with E-state index in [0.29, 0.717) is 29.8 Å². The molecule has 3 heteroatoms. The van der Waals surface area contributed by atoms with E-state index in [4.69, 9.17) is 0 Å². The lowest BCUT2D eigenvalue weighted by molar-refractivity contribution is 0.0983. The summed E-state index contributed by atoms with van der Waals surface area (Å²) in [5.74, 6) is -0.406. The standard InChI is InChI=1S/C11H10FNO/c1-2-7-5-8(12)6-9-10(14)3-4-13-11(7)9/h2,5-6,13H,1,3-4H2. The van der Waals surface area contributed by atoms with Crippen molar-refractivity contribution in [2.24, 2.45) is 0 Å². The fourth-order valence-corrected chi connectivity index (χ4v) is 1.64. The second-order valence-electron chi connectivity index (χ2n) is 3.22. The Hall–Kier alpha value is -1.64. The number of benzene rings is 1. The number of ketones is 1. The van der Waals surface area contributed by atoms with Gasteiger partial charge in [0, 0.05) is 24.1 Å². The molecule has 2 nitrogen and oxygen atoms in total. The molecule has 14 heavy (non-hydrogen) atoms. The molecule has 0 saturated carbocycles. The molecule has 0 amide bonds. The van der Waals surface area contributed by atoms with Gasteiger partial charge in [-0.2, -0.15) is 0 Å². The van der Waals surface area contributed by atoms with E-state index in [2.05, 4.69) is 11.9 Å². The Bertz CT molecular complexity index is 412. The van der Waals surface area contributed by atoms with Crippen molar-refractivity contribution in [1.29, 1.82) is 0 Å². The van der Waals surface area contributed by atoms with Crippen LogP contribution < -0.4 is 5.32 Å². The monoisotopic (exact) mass is 191 g/mol. The Balaban J connectivity index is 2.66. The Morgan fingerprint density at radius 2 is 2.29 bits per heavy atom. The molecular formula is C11H10FNO. The van der Waals surface area contributed by atoms with E-state index in [9.17, 15) is 9.18 Å². The zero-order valence-electron chi connectivity index (χ0n) is 7.64. The first kappa shape index (κ1) is 8.94. The van der Waals surface area contributed by atoms with Gasteiger partial charge in [0.25, 0.3) is 0 Å². The van der Waals surface area contributed by atoms with Crippen LogP contribution in [0.4, 0.5) is 10.1 Å². The summed E-state index contributed by atoms with van der Waals surface area (Å²) in [7, 11) is 0. The minimum absolute atomic E-state index is 0.0126. The van der Waals surface area contributed by atoms with Gasteiger partial charge >= 0.3 is 0 Å². The molecule has 0 aromatic heterocycles. The van der Waals surface area contributed by atoms with Crippen molar-refractivity contribution < 1.29 is 9.18 Å². The van der Waals surface area contributed by atoms with Crippen molar-refractivity contribution >= 4 is 17.5 Å². The number of hydrogen-bond acceptors (Lipinski definition) is 2. The molecule has 1 aliphatic heterocycles. The van der Waals surface area contributed by atoms with Crippen LogP contribution in [0.25, 0.3) is 6.08 Å². The van der Waals surface area contributed by atoms with Gasteiger partial charge in [-0.15, -0.1) is 0 Å². The number of carbonyl (C=O) groups excluding carboxylic acids is 1. The van der Waals surface area contributed by atoms with Crippen LogP contribution >= 0.6 is 0 Å². The van der Waals surface area contributed by atoms with Gasteiger partial charge in [-0.05, 0) is 12.1 Å². The molecule has 1 aliphatic rings. The summed E-state index contributed by atoms with van der Waals surface area (Å²) < 4.78 is 13.1. The summed E-state index contributed by atoms with van der Waals surface area (Å²) in [6.45, 7) is 4.20. The molecule has 0 atom stereocenters. The summed E-state index contributed by atoms with van der Waals surface area (Å²) in [5, 5.41) is 3.08. The highest BCUT2D eigenvalue weighted by Gasteiger charge is 2.19. The fourth-order valence-electron chi connectivity index (χ4n) is 1.64. The molecule has 0 fully saturated rings. The fraction of sp³-hybridized carbons (Fsp3) is 0.182. The third kappa shape index (κ3) is 1.31. The van der Waals surface area contributed by atoms with Crippen LogP contribution in [0.2, 0.25) is 0 Å². The molecule has 1 aromatic rings. The van der Waals surface area contributed by atoms with Crippen molar-refractivity contribution in [1.82, 2.24) is 0 Å². The quantitative estimate of drug-likeness (QED) is 0.738. The first-order valence-corrected chi connectivity index (χ1v) is 4.45. The summed E-state index contributed by atoms with van der Waals surface area (Å²) in [4.78, 5) is 11.5. The first-order valence-electron chi connectivity index (χ1n) is 4.45. The SMILES string of the molecule is C=Cc1cc(F)cc2c1NCCC2=O.